The van der Waals surface area contributed by atoms with Crippen molar-refractivity contribution in [2.45, 2.75) is 19.0 Å². The van der Waals surface area contributed by atoms with Crippen LogP contribution in [-0.4, -0.2) is 25.6 Å². The van der Waals surface area contributed by atoms with Crippen LogP contribution >= 0.6 is 0 Å². The van der Waals surface area contributed by atoms with E-state index in [-0.39, 0.29) is 6.04 Å². The molecule has 0 amide bonds. The first-order valence-electron chi connectivity index (χ1n) is 7.04. The first-order chi connectivity index (χ1) is 10.3. The van der Waals surface area contributed by atoms with Crippen LogP contribution in [0.4, 0.5) is 0 Å². The van der Waals surface area contributed by atoms with Gasteiger partial charge >= 0.3 is 0 Å². The number of nitrogens with zero attached hydrogens (tertiary/aromatic N) is 4. The van der Waals surface area contributed by atoms with Gasteiger partial charge in [0.15, 0.2) is 0 Å². The van der Waals surface area contributed by atoms with Crippen LogP contribution in [0.3, 0.4) is 0 Å². The number of aromatic nitrogens is 4. The first-order valence-corrected chi connectivity index (χ1v) is 7.04. The van der Waals surface area contributed by atoms with Crippen LogP contribution in [0.15, 0.2) is 53.9 Å². The summed E-state index contributed by atoms with van der Waals surface area (Å²) in [6.07, 6.45) is 12.1. The quantitative estimate of drug-likeness (QED) is 0.674. The summed E-state index contributed by atoms with van der Waals surface area (Å²) >= 11 is 0. The minimum atomic E-state index is -0.0252. The van der Waals surface area contributed by atoms with E-state index < -0.39 is 0 Å². The predicted octanol–water partition coefficient (Wildman–Crippen LogP) is 1.98. The summed E-state index contributed by atoms with van der Waals surface area (Å²) in [5.41, 5.74) is 0. The first kappa shape index (κ1) is 13.6. The van der Waals surface area contributed by atoms with Crippen molar-refractivity contribution in [2.75, 3.05) is 6.54 Å². The third-order valence-electron chi connectivity index (χ3n) is 3.45. The number of rotatable bonds is 7. The Bertz CT molecular complexity index is 641. The highest BCUT2D eigenvalue weighted by Crippen LogP contribution is 2.20. The summed E-state index contributed by atoms with van der Waals surface area (Å²) in [6, 6.07) is 3.85. The SMILES string of the molecule is Cn1ccnc1C(NCCCn1ccnc1)c1ccco1. The Morgan fingerprint density at radius 1 is 1.33 bits per heavy atom. The molecule has 0 spiro atoms. The Labute approximate surface area is 123 Å². The molecule has 21 heavy (non-hydrogen) atoms. The van der Waals surface area contributed by atoms with E-state index >= 15 is 0 Å². The maximum Gasteiger partial charge on any atom is 0.133 e. The van der Waals surface area contributed by atoms with Crippen LogP contribution < -0.4 is 5.32 Å². The Kier molecular flexibility index (Phi) is 4.16. The predicted molar refractivity (Wildman–Crippen MR) is 78.6 cm³/mol. The second kappa shape index (κ2) is 6.41. The van der Waals surface area contributed by atoms with Crippen LogP contribution in [0, 0.1) is 0 Å². The van der Waals surface area contributed by atoms with E-state index in [0.717, 1.165) is 31.1 Å². The number of hydrogen-bond acceptors (Lipinski definition) is 4. The Balaban J connectivity index is 1.62. The third kappa shape index (κ3) is 3.22. The molecule has 3 aromatic rings. The van der Waals surface area contributed by atoms with Gasteiger partial charge in [0, 0.05) is 38.4 Å². The molecule has 110 valence electrons. The van der Waals surface area contributed by atoms with Gasteiger partial charge in [-0.1, -0.05) is 0 Å². The lowest BCUT2D eigenvalue weighted by Gasteiger charge is -2.16. The molecule has 0 saturated carbocycles. The molecule has 0 saturated heterocycles. The highest BCUT2D eigenvalue weighted by Gasteiger charge is 2.19. The molecule has 0 aliphatic carbocycles. The smallest absolute Gasteiger partial charge is 0.133 e. The lowest BCUT2D eigenvalue weighted by Crippen LogP contribution is -2.26. The molecule has 3 rings (SSSR count). The zero-order chi connectivity index (χ0) is 14.5. The number of imidazole rings is 2. The van der Waals surface area contributed by atoms with Crippen molar-refractivity contribution < 1.29 is 4.42 Å². The van der Waals surface area contributed by atoms with Gasteiger partial charge in [0.25, 0.3) is 0 Å². The number of nitrogens with one attached hydrogen (secondary N) is 1. The van der Waals surface area contributed by atoms with Crippen molar-refractivity contribution in [3.05, 3.63) is 61.1 Å². The lowest BCUT2D eigenvalue weighted by atomic mass is 10.2. The molecule has 6 heteroatoms. The van der Waals surface area contributed by atoms with Gasteiger partial charge in [-0.3, -0.25) is 0 Å². The molecule has 1 unspecified atom stereocenters. The summed E-state index contributed by atoms with van der Waals surface area (Å²) in [7, 11) is 1.99. The van der Waals surface area contributed by atoms with Gasteiger partial charge < -0.3 is 18.9 Å². The molecule has 0 bridgehead atoms. The molecule has 1 atom stereocenters. The Morgan fingerprint density at radius 2 is 2.29 bits per heavy atom. The Morgan fingerprint density at radius 3 is 2.95 bits per heavy atom. The molecule has 0 radical (unpaired) electrons. The largest absolute Gasteiger partial charge is 0.467 e. The monoisotopic (exact) mass is 285 g/mol. The molecule has 0 aliphatic rings. The Hall–Kier alpha value is -2.34. The molecular weight excluding hydrogens is 266 g/mol. The number of furan rings is 1. The van der Waals surface area contributed by atoms with Gasteiger partial charge in [-0.05, 0) is 25.1 Å². The minimum absolute atomic E-state index is 0.0252. The number of aryl methyl sites for hydroxylation is 2. The highest BCUT2D eigenvalue weighted by molar-refractivity contribution is 5.15. The van der Waals surface area contributed by atoms with E-state index in [2.05, 4.69) is 19.9 Å². The fraction of sp³-hybridized carbons (Fsp3) is 0.333. The third-order valence-corrected chi connectivity index (χ3v) is 3.45. The molecule has 0 aromatic carbocycles. The van der Waals surface area contributed by atoms with E-state index in [4.69, 9.17) is 4.42 Å². The van der Waals surface area contributed by atoms with Crippen molar-refractivity contribution in [1.82, 2.24) is 24.4 Å². The summed E-state index contributed by atoms with van der Waals surface area (Å²) in [5.74, 6) is 1.83. The maximum atomic E-state index is 5.55. The van der Waals surface area contributed by atoms with E-state index in [1.165, 1.54) is 0 Å². The van der Waals surface area contributed by atoms with Crippen molar-refractivity contribution in [3.63, 3.8) is 0 Å². The lowest BCUT2D eigenvalue weighted by molar-refractivity contribution is 0.423. The van der Waals surface area contributed by atoms with Crippen molar-refractivity contribution in [2.24, 2.45) is 7.05 Å². The van der Waals surface area contributed by atoms with Crippen molar-refractivity contribution in [1.29, 1.82) is 0 Å². The fourth-order valence-electron chi connectivity index (χ4n) is 2.36. The summed E-state index contributed by atoms with van der Waals surface area (Å²) in [6.45, 7) is 1.81. The minimum Gasteiger partial charge on any atom is -0.467 e. The van der Waals surface area contributed by atoms with Gasteiger partial charge in [-0.2, -0.15) is 0 Å². The van der Waals surface area contributed by atoms with Crippen LogP contribution in [0.25, 0.3) is 0 Å². The zero-order valence-electron chi connectivity index (χ0n) is 12.0. The fourth-order valence-corrected chi connectivity index (χ4v) is 2.36. The molecule has 3 heterocycles. The van der Waals surface area contributed by atoms with Gasteiger partial charge in [0.05, 0.1) is 12.6 Å². The van der Waals surface area contributed by atoms with E-state index in [0.29, 0.717) is 0 Å². The summed E-state index contributed by atoms with van der Waals surface area (Å²) in [5, 5.41) is 3.52. The van der Waals surface area contributed by atoms with Gasteiger partial charge in [-0.25, -0.2) is 9.97 Å². The van der Waals surface area contributed by atoms with Gasteiger partial charge in [-0.15, -0.1) is 0 Å². The second-order valence-corrected chi connectivity index (χ2v) is 4.95. The van der Waals surface area contributed by atoms with Crippen molar-refractivity contribution in [3.8, 4) is 0 Å². The van der Waals surface area contributed by atoms with Crippen molar-refractivity contribution >= 4 is 0 Å². The van der Waals surface area contributed by atoms with Crippen LogP contribution in [0.1, 0.15) is 24.0 Å². The van der Waals surface area contributed by atoms with E-state index in [1.54, 1.807) is 18.7 Å². The molecule has 1 N–H and O–H groups in total. The number of hydrogen-bond donors (Lipinski definition) is 1. The van der Waals surface area contributed by atoms with E-state index in [9.17, 15) is 0 Å². The topological polar surface area (TPSA) is 60.8 Å². The molecular formula is C15H19N5O. The molecule has 0 aliphatic heterocycles. The summed E-state index contributed by atoms with van der Waals surface area (Å²) < 4.78 is 9.63. The summed E-state index contributed by atoms with van der Waals surface area (Å²) in [4.78, 5) is 8.47. The van der Waals surface area contributed by atoms with Crippen LogP contribution in [-0.2, 0) is 13.6 Å². The second-order valence-electron chi connectivity index (χ2n) is 4.95. The van der Waals surface area contributed by atoms with Gasteiger partial charge in [0.2, 0.25) is 0 Å². The normalized spacial score (nSPS) is 12.6. The highest BCUT2D eigenvalue weighted by atomic mass is 16.3. The zero-order valence-corrected chi connectivity index (χ0v) is 12.0. The molecule has 3 aromatic heterocycles. The maximum absolute atomic E-state index is 5.55. The van der Waals surface area contributed by atoms with Gasteiger partial charge in [0.1, 0.15) is 17.6 Å². The van der Waals surface area contributed by atoms with Crippen LogP contribution in [0.5, 0.6) is 0 Å². The molecule has 6 nitrogen and oxygen atoms in total. The standard InChI is InChI=1S/C15H19N5O/c1-19-9-7-18-15(19)14(13-4-2-11-21-13)17-5-3-8-20-10-6-16-12-20/h2,4,6-7,9-12,14,17H,3,5,8H2,1H3. The van der Waals surface area contributed by atoms with E-state index in [1.807, 2.05) is 42.5 Å². The average Bonchev–Trinajstić information content (AvgIpc) is 3.21. The molecule has 0 fully saturated rings. The average molecular weight is 285 g/mol. The van der Waals surface area contributed by atoms with Crippen LogP contribution in [0.2, 0.25) is 0 Å².